The van der Waals surface area contributed by atoms with E-state index in [2.05, 4.69) is 15.0 Å². The Morgan fingerprint density at radius 2 is 2.27 bits per heavy atom. The average Bonchev–Trinajstić information content (AvgIpc) is 2.94. The topological polar surface area (TPSA) is 73.1 Å². The monoisotopic (exact) mass is 301 g/mol. The Morgan fingerprint density at radius 3 is 3.00 bits per heavy atom. The molecule has 0 aromatic carbocycles. The Balaban J connectivity index is 1.93. The van der Waals surface area contributed by atoms with Crippen LogP contribution in [-0.2, 0) is 18.2 Å². The van der Waals surface area contributed by atoms with Gasteiger partial charge in [0.05, 0.1) is 36.6 Å². The van der Waals surface area contributed by atoms with Gasteiger partial charge >= 0.3 is 0 Å². The van der Waals surface area contributed by atoms with E-state index in [1.165, 1.54) is 12.4 Å². The summed E-state index contributed by atoms with van der Waals surface area (Å²) in [6, 6.07) is -0.147. The lowest BCUT2D eigenvalue weighted by atomic mass is 10.0. The highest BCUT2D eigenvalue weighted by molar-refractivity contribution is 5.92. The largest absolute Gasteiger partial charge is 0.379 e. The van der Waals surface area contributed by atoms with E-state index in [1.807, 2.05) is 23.4 Å². The molecule has 2 aromatic heterocycles. The van der Waals surface area contributed by atoms with Crippen LogP contribution < -0.4 is 0 Å². The smallest absolute Gasteiger partial charge is 0.274 e. The molecule has 7 heteroatoms. The van der Waals surface area contributed by atoms with Gasteiger partial charge in [-0.1, -0.05) is 0 Å². The van der Waals surface area contributed by atoms with Gasteiger partial charge in [-0.05, 0) is 6.92 Å². The first-order valence-electron chi connectivity index (χ1n) is 7.37. The highest BCUT2D eigenvalue weighted by Crippen LogP contribution is 2.30. The number of amides is 1. The van der Waals surface area contributed by atoms with Crippen molar-refractivity contribution in [3.63, 3.8) is 0 Å². The number of hydrogen-bond donors (Lipinski definition) is 0. The zero-order chi connectivity index (χ0) is 15.5. The molecule has 1 amide bonds. The summed E-state index contributed by atoms with van der Waals surface area (Å²) >= 11 is 0. The maximum Gasteiger partial charge on any atom is 0.274 e. The fraction of sp³-hybridized carbons (Fsp3) is 0.467. The molecule has 22 heavy (non-hydrogen) atoms. The van der Waals surface area contributed by atoms with Crippen LogP contribution in [0, 0.1) is 0 Å². The molecule has 1 aliphatic rings. The maximum atomic E-state index is 12.8. The molecule has 1 unspecified atom stereocenters. The third kappa shape index (κ3) is 2.59. The van der Waals surface area contributed by atoms with Crippen molar-refractivity contribution < 1.29 is 9.53 Å². The molecule has 3 heterocycles. The fourth-order valence-electron chi connectivity index (χ4n) is 2.84. The molecule has 0 saturated heterocycles. The molecule has 0 bridgehead atoms. The number of rotatable bonds is 4. The van der Waals surface area contributed by atoms with Crippen LogP contribution in [0.1, 0.15) is 34.8 Å². The van der Waals surface area contributed by atoms with Gasteiger partial charge in [0.1, 0.15) is 5.69 Å². The van der Waals surface area contributed by atoms with Crippen LogP contribution in [0.3, 0.4) is 0 Å². The van der Waals surface area contributed by atoms with Gasteiger partial charge < -0.3 is 14.2 Å². The number of hydrogen-bond acceptors (Lipinski definition) is 5. The molecular weight excluding hydrogens is 282 g/mol. The molecule has 0 spiro atoms. The number of imidazole rings is 1. The van der Waals surface area contributed by atoms with Crippen LogP contribution in [0.25, 0.3) is 0 Å². The van der Waals surface area contributed by atoms with E-state index in [1.54, 1.807) is 12.5 Å². The number of carbonyl (C=O) groups excluding carboxylic acids is 1. The van der Waals surface area contributed by atoms with Crippen LogP contribution in [0.4, 0.5) is 0 Å². The van der Waals surface area contributed by atoms with Crippen molar-refractivity contribution in [3.05, 3.63) is 42.0 Å². The number of ether oxygens (including phenoxy) is 1. The summed E-state index contributed by atoms with van der Waals surface area (Å²) in [6.45, 7) is 3.62. The predicted molar refractivity (Wildman–Crippen MR) is 79.2 cm³/mol. The van der Waals surface area contributed by atoms with Crippen molar-refractivity contribution in [1.82, 2.24) is 24.4 Å². The van der Waals surface area contributed by atoms with Crippen LogP contribution >= 0.6 is 0 Å². The van der Waals surface area contributed by atoms with Crippen molar-refractivity contribution in [2.45, 2.75) is 19.4 Å². The Morgan fingerprint density at radius 1 is 1.41 bits per heavy atom. The summed E-state index contributed by atoms with van der Waals surface area (Å²) in [4.78, 5) is 27.1. The Labute approximate surface area is 129 Å². The number of aryl methyl sites for hydroxylation is 1. The molecule has 1 aliphatic heterocycles. The molecule has 1 atom stereocenters. The molecule has 116 valence electrons. The van der Waals surface area contributed by atoms with Gasteiger partial charge in [0.2, 0.25) is 0 Å². The lowest BCUT2D eigenvalue weighted by molar-refractivity contribution is 0.0397. The van der Waals surface area contributed by atoms with E-state index in [9.17, 15) is 4.79 Å². The molecule has 7 nitrogen and oxygen atoms in total. The van der Waals surface area contributed by atoms with Crippen molar-refractivity contribution >= 4 is 5.91 Å². The quantitative estimate of drug-likeness (QED) is 0.842. The molecular formula is C15H19N5O2. The van der Waals surface area contributed by atoms with Crippen molar-refractivity contribution in [3.8, 4) is 0 Å². The van der Waals surface area contributed by atoms with Crippen LogP contribution in [0.15, 0.2) is 24.9 Å². The van der Waals surface area contributed by atoms with Crippen molar-refractivity contribution in [2.24, 2.45) is 7.05 Å². The molecule has 0 saturated carbocycles. The van der Waals surface area contributed by atoms with Gasteiger partial charge in [-0.15, -0.1) is 0 Å². The number of aromatic nitrogens is 4. The summed E-state index contributed by atoms with van der Waals surface area (Å²) in [7, 11) is 1.95. The van der Waals surface area contributed by atoms with E-state index in [-0.39, 0.29) is 11.9 Å². The summed E-state index contributed by atoms with van der Waals surface area (Å²) in [5, 5.41) is 0. The second kappa shape index (κ2) is 6.23. The first kappa shape index (κ1) is 14.6. The van der Waals surface area contributed by atoms with E-state index in [0.717, 1.165) is 17.8 Å². The second-order valence-corrected chi connectivity index (χ2v) is 5.20. The van der Waals surface area contributed by atoms with Crippen molar-refractivity contribution in [2.75, 3.05) is 19.8 Å². The average molecular weight is 301 g/mol. The van der Waals surface area contributed by atoms with E-state index < -0.39 is 0 Å². The first-order chi connectivity index (χ1) is 10.7. The number of nitrogens with zero attached hydrogens (tertiary/aromatic N) is 5. The minimum Gasteiger partial charge on any atom is -0.379 e. The maximum absolute atomic E-state index is 12.8. The fourth-order valence-corrected chi connectivity index (χ4v) is 2.84. The van der Waals surface area contributed by atoms with Crippen LogP contribution in [0.5, 0.6) is 0 Å². The number of fused-ring (bicyclic) bond motifs is 1. The standard InChI is InChI=1S/C15H19N5O2/c1-3-22-9-13-14-11(18-10-19(14)2)4-7-20(13)15(21)12-8-16-5-6-17-12/h5-6,8,10,13H,3-4,7,9H2,1-2H3. The lowest BCUT2D eigenvalue weighted by Crippen LogP contribution is -2.43. The van der Waals surface area contributed by atoms with Gasteiger partial charge in [0.15, 0.2) is 0 Å². The molecule has 3 rings (SSSR count). The minimum atomic E-state index is -0.147. The van der Waals surface area contributed by atoms with Gasteiger partial charge in [-0.3, -0.25) is 9.78 Å². The summed E-state index contributed by atoms with van der Waals surface area (Å²) in [5.74, 6) is -0.121. The summed E-state index contributed by atoms with van der Waals surface area (Å²) < 4.78 is 7.57. The third-order valence-electron chi connectivity index (χ3n) is 3.87. The Hall–Kier alpha value is -2.28. The lowest BCUT2D eigenvalue weighted by Gasteiger charge is -2.35. The highest BCUT2D eigenvalue weighted by atomic mass is 16.5. The molecule has 2 aromatic rings. The Bertz CT molecular complexity index is 655. The first-order valence-corrected chi connectivity index (χ1v) is 7.37. The van der Waals surface area contributed by atoms with E-state index in [0.29, 0.717) is 25.5 Å². The van der Waals surface area contributed by atoms with Gasteiger partial charge in [-0.25, -0.2) is 9.97 Å². The zero-order valence-corrected chi connectivity index (χ0v) is 12.8. The summed E-state index contributed by atoms with van der Waals surface area (Å²) in [6.07, 6.45) is 7.12. The van der Waals surface area contributed by atoms with Gasteiger partial charge in [-0.2, -0.15) is 0 Å². The summed E-state index contributed by atoms with van der Waals surface area (Å²) in [5.41, 5.74) is 2.43. The van der Waals surface area contributed by atoms with Gasteiger partial charge in [0.25, 0.3) is 5.91 Å². The number of carbonyl (C=O) groups is 1. The van der Waals surface area contributed by atoms with E-state index >= 15 is 0 Å². The zero-order valence-electron chi connectivity index (χ0n) is 12.8. The third-order valence-corrected chi connectivity index (χ3v) is 3.87. The molecule has 0 aliphatic carbocycles. The van der Waals surface area contributed by atoms with Crippen LogP contribution in [0.2, 0.25) is 0 Å². The molecule has 0 fully saturated rings. The van der Waals surface area contributed by atoms with Gasteiger partial charge in [0, 0.05) is 39.0 Å². The van der Waals surface area contributed by atoms with E-state index in [4.69, 9.17) is 4.74 Å². The van der Waals surface area contributed by atoms with Crippen LogP contribution in [-0.4, -0.2) is 50.1 Å². The predicted octanol–water partition coefficient (Wildman–Crippen LogP) is 0.986. The normalized spacial score (nSPS) is 17.4. The molecule has 0 radical (unpaired) electrons. The Kier molecular flexibility index (Phi) is 4.15. The minimum absolute atomic E-state index is 0.121. The van der Waals surface area contributed by atoms with Crippen molar-refractivity contribution in [1.29, 1.82) is 0 Å². The molecule has 0 N–H and O–H groups in total. The highest BCUT2D eigenvalue weighted by Gasteiger charge is 2.34. The SMILES string of the molecule is CCOCC1c2c(ncn2C)CCN1C(=O)c1cnccn1. The second-order valence-electron chi connectivity index (χ2n) is 5.20.